The van der Waals surface area contributed by atoms with Gasteiger partial charge in [-0.3, -0.25) is 4.79 Å². The molecule has 1 saturated carbocycles. The van der Waals surface area contributed by atoms with Crippen LogP contribution in [0.4, 0.5) is 8.78 Å². The highest BCUT2D eigenvalue weighted by Crippen LogP contribution is 2.45. The molecule has 0 saturated heterocycles. The fraction of sp³-hybridized carbons (Fsp3) is 0.278. The van der Waals surface area contributed by atoms with Crippen molar-refractivity contribution in [2.45, 2.75) is 31.1 Å². The first-order chi connectivity index (χ1) is 10.1. The van der Waals surface area contributed by atoms with Gasteiger partial charge < -0.3 is 0 Å². The molecule has 0 unspecified atom stereocenters. The minimum Gasteiger partial charge on any atom is -0.298 e. The fourth-order valence-electron chi connectivity index (χ4n) is 3.04. The lowest BCUT2D eigenvalue weighted by molar-refractivity contribution is -0.127. The molecule has 0 aromatic heterocycles. The van der Waals surface area contributed by atoms with Gasteiger partial charge in [0, 0.05) is 6.42 Å². The van der Waals surface area contributed by atoms with Crippen molar-refractivity contribution in [2.75, 3.05) is 0 Å². The molecule has 0 aliphatic heterocycles. The van der Waals surface area contributed by atoms with Crippen molar-refractivity contribution in [3.05, 3.63) is 71.3 Å². The molecule has 2 aromatic rings. The van der Waals surface area contributed by atoms with E-state index in [9.17, 15) is 13.6 Å². The Morgan fingerprint density at radius 3 is 2.38 bits per heavy atom. The van der Waals surface area contributed by atoms with Crippen molar-refractivity contribution >= 4 is 5.78 Å². The lowest BCUT2D eigenvalue weighted by Gasteiger charge is -2.41. The summed E-state index contributed by atoms with van der Waals surface area (Å²) in [7, 11) is 0. The van der Waals surface area contributed by atoms with E-state index < -0.39 is 17.0 Å². The molecule has 21 heavy (non-hydrogen) atoms. The van der Waals surface area contributed by atoms with Crippen molar-refractivity contribution in [3.8, 4) is 0 Å². The Bertz CT molecular complexity index is 660. The molecule has 108 valence electrons. The SMILES string of the molecule is O=C(Cc1cc(F)ccc1F)C1(c2ccccc2)CCC1. The first kappa shape index (κ1) is 13.9. The summed E-state index contributed by atoms with van der Waals surface area (Å²) in [4.78, 5) is 12.7. The van der Waals surface area contributed by atoms with Crippen LogP contribution < -0.4 is 0 Å². The molecule has 0 N–H and O–H groups in total. The molecule has 1 aliphatic rings. The van der Waals surface area contributed by atoms with Crippen LogP contribution in [0.5, 0.6) is 0 Å². The Kier molecular flexibility index (Phi) is 3.58. The standard InChI is InChI=1S/C18H16F2O/c19-15-7-8-16(20)13(11-15)12-17(21)18(9-4-10-18)14-5-2-1-3-6-14/h1-3,5-8,11H,4,9-10,12H2. The van der Waals surface area contributed by atoms with Gasteiger partial charge in [0.25, 0.3) is 0 Å². The van der Waals surface area contributed by atoms with E-state index in [1.807, 2.05) is 30.3 Å². The number of hydrogen-bond acceptors (Lipinski definition) is 1. The second kappa shape index (κ2) is 5.40. The molecule has 0 bridgehead atoms. The minimum atomic E-state index is -0.521. The van der Waals surface area contributed by atoms with E-state index in [4.69, 9.17) is 0 Å². The van der Waals surface area contributed by atoms with Crippen LogP contribution in [0.3, 0.4) is 0 Å². The van der Waals surface area contributed by atoms with Gasteiger partial charge in [-0.05, 0) is 42.2 Å². The molecule has 0 radical (unpaired) electrons. The summed E-state index contributed by atoms with van der Waals surface area (Å²) in [6, 6.07) is 12.9. The number of rotatable bonds is 4. The van der Waals surface area contributed by atoms with Gasteiger partial charge in [0.1, 0.15) is 17.4 Å². The molecule has 2 aromatic carbocycles. The smallest absolute Gasteiger partial charge is 0.147 e. The first-order valence-electron chi connectivity index (χ1n) is 7.15. The van der Waals surface area contributed by atoms with Gasteiger partial charge in [-0.25, -0.2) is 8.78 Å². The molecule has 1 nitrogen and oxygen atoms in total. The van der Waals surface area contributed by atoms with Gasteiger partial charge in [0.05, 0.1) is 5.41 Å². The molecule has 1 aliphatic carbocycles. The first-order valence-corrected chi connectivity index (χ1v) is 7.15. The monoisotopic (exact) mass is 286 g/mol. The Morgan fingerprint density at radius 1 is 1.05 bits per heavy atom. The predicted octanol–water partition coefficient (Wildman–Crippen LogP) is 4.20. The molecular formula is C18H16F2O. The second-order valence-corrected chi connectivity index (χ2v) is 5.64. The lowest BCUT2D eigenvalue weighted by atomic mass is 9.61. The number of carbonyl (C=O) groups excluding carboxylic acids is 1. The van der Waals surface area contributed by atoms with E-state index in [0.717, 1.165) is 43.0 Å². The van der Waals surface area contributed by atoms with Crippen LogP contribution in [0, 0.1) is 11.6 Å². The average Bonchev–Trinajstić information content (AvgIpc) is 2.43. The Morgan fingerprint density at radius 2 is 1.76 bits per heavy atom. The van der Waals surface area contributed by atoms with Crippen molar-refractivity contribution in [3.63, 3.8) is 0 Å². The molecule has 0 spiro atoms. The van der Waals surface area contributed by atoms with Crippen molar-refractivity contribution in [1.82, 2.24) is 0 Å². The van der Waals surface area contributed by atoms with Crippen molar-refractivity contribution in [2.24, 2.45) is 0 Å². The van der Waals surface area contributed by atoms with Crippen LogP contribution in [-0.2, 0) is 16.6 Å². The highest BCUT2D eigenvalue weighted by Gasteiger charge is 2.44. The van der Waals surface area contributed by atoms with Crippen LogP contribution in [0.1, 0.15) is 30.4 Å². The number of benzene rings is 2. The molecule has 3 heteroatoms. The second-order valence-electron chi connectivity index (χ2n) is 5.64. The summed E-state index contributed by atoms with van der Waals surface area (Å²) in [5, 5.41) is 0. The van der Waals surface area contributed by atoms with E-state index >= 15 is 0 Å². The Labute approximate surface area is 122 Å². The van der Waals surface area contributed by atoms with E-state index in [0.29, 0.717) is 0 Å². The van der Waals surface area contributed by atoms with Gasteiger partial charge >= 0.3 is 0 Å². The van der Waals surface area contributed by atoms with E-state index in [-0.39, 0.29) is 17.8 Å². The quantitative estimate of drug-likeness (QED) is 0.823. The summed E-state index contributed by atoms with van der Waals surface area (Å²) >= 11 is 0. The maximum absolute atomic E-state index is 13.7. The molecule has 3 rings (SSSR count). The number of halogens is 2. The molecule has 1 fully saturated rings. The van der Waals surface area contributed by atoms with E-state index in [2.05, 4.69) is 0 Å². The maximum atomic E-state index is 13.7. The zero-order chi connectivity index (χ0) is 14.9. The zero-order valence-corrected chi connectivity index (χ0v) is 11.6. The Hall–Kier alpha value is -2.03. The van der Waals surface area contributed by atoms with Crippen molar-refractivity contribution in [1.29, 1.82) is 0 Å². The van der Waals surface area contributed by atoms with Gasteiger partial charge in [-0.15, -0.1) is 0 Å². The lowest BCUT2D eigenvalue weighted by Crippen LogP contribution is -2.43. The number of ketones is 1. The van der Waals surface area contributed by atoms with Gasteiger partial charge in [-0.2, -0.15) is 0 Å². The summed E-state index contributed by atoms with van der Waals surface area (Å²) in [6.45, 7) is 0. The topological polar surface area (TPSA) is 17.1 Å². The predicted molar refractivity (Wildman–Crippen MR) is 77.0 cm³/mol. The number of Topliss-reactive ketones (excluding diaryl/α,β-unsaturated/α-hetero) is 1. The van der Waals surface area contributed by atoms with Crippen LogP contribution in [0.25, 0.3) is 0 Å². The normalized spacial score (nSPS) is 16.3. The van der Waals surface area contributed by atoms with Crippen LogP contribution >= 0.6 is 0 Å². The Balaban J connectivity index is 1.89. The van der Waals surface area contributed by atoms with Gasteiger partial charge in [0.2, 0.25) is 0 Å². The molecular weight excluding hydrogens is 270 g/mol. The number of hydrogen-bond donors (Lipinski definition) is 0. The molecule has 0 amide bonds. The highest BCUT2D eigenvalue weighted by atomic mass is 19.1. The van der Waals surface area contributed by atoms with Crippen LogP contribution in [0.2, 0.25) is 0 Å². The maximum Gasteiger partial charge on any atom is 0.147 e. The third-order valence-electron chi connectivity index (χ3n) is 4.43. The van der Waals surface area contributed by atoms with E-state index in [1.54, 1.807) is 0 Å². The minimum absolute atomic E-state index is 0.0237. The zero-order valence-electron chi connectivity index (χ0n) is 11.6. The largest absolute Gasteiger partial charge is 0.298 e. The van der Waals surface area contributed by atoms with Gasteiger partial charge in [0.15, 0.2) is 0 Å². The average molecular weight is 286 g/mol. The van der Waals surface area contributed by atoms with E-state index in [1.165, 1.54) is 0 Å². The number of carbonyl (C=O) groups is 1. The summed E-state index contributed by atoms with van der Waals surface area (Å²) < 4.78 is 27.0. The van der Waals surface area contributed by atoms with Crippen LogP contribution in [-0.4, -0.2) is 5.78 Å². The van der Waals surface area contributed by atoms with Crippen molar-refractivity contribution < 1.29 is 13.6 Å². The third kappa shape index (κ3) is 2.48. The van der Waals surface area contributed by atoms with Gasteiger partial charge in [-0.1, -0.05) is 36.8 Å². The summed E-state index contributed by atoms with van der Waals surface area (Å²) in [5.74, 6) is -1.06. The van der Waals surface area contributed by atoms with Crippen LogP contribution in [0.15, 0.2) is 48.5 Å². The summed E-state index contributed by atoms with van der Waals surface area (Å²) in [5.41, 5.74) is 0.611. The fourth-order valence-corrected chi connectivity index (χ4v) is 3.04. The third-order valence-corrected chi connectivity index (χ3v) is 4.43. The summed E-state index contributed by atoms with van der Waals surface area (Å²) in [6.07, 6.45) is 2.50. The highest BCUT2D eigenvalue weighted by molar-refractivity contribution is 5.92. The molecule has 0 heterocycles. The molecule has 0 atom stereocenters.